The number of anilines is 1. The van der Waals surface area contributed by atoms with E-state index in [0.29, 0.717) is 5.88 Å². The molecule has 0 bridgehead atoms. The topological polar surface area (TPSA) is 55.1 Å². The van der Waals surface area contributed by atoms with E-state index in [4.69, 9.17) is 4.52 Å². The molecule has 0 spiro atoms. The van der Waals surface area contributed by atoms with E-state index in [9.17, 15) is 4.79 Å². The average Bonchev–Trinajstić information content (AvgIpc) is 2.49. The normalized spacial score (nSPS) is 12.9. The van der Waals surface area contributed by atoms with E-state index in [1.165, 1.54) is 0 Å². The molecule has 1 N–H and O–H groups in total. The molecule has 0 saturated carbocycles. The quantitative estimate of drug-likeness (QED) is 0.849. The smallest absolute Gasteiger partial charge is 0.240 e. The molecule has 0 fully saturated rings. The number of hydrogen-bond donors (Lipinski definition) is 1. The van der Waals surface area contributed by atoms with Gasteiger partial charge in [-0.1, -0.05) is 34.9 Å². The van der Waals surface area contributed by atoms with Gasteiger partial charge in [0.1, 0.15) is 0 Å². The second kappa shape index (κ2) is 4.59. The summed E-state index contributed by atoms with van der Waals surface area (Å²) in [6.07, 6.45) is 0. The van der Waals surface area contributed by atoms with Crippen LogP contribution in [0.1, 0.15) is 19.5 Å². The van der Waals surface area contributed by atoms with E-state index in [0.717, 1.165) is 5.69 Å². The minimum Gasteiger partial charge on any atom is -0.338 e. The molecule has 0 radical (unpaired) electrons. The van der Waals surface area contributed by atoms with Crippen LogP contribution in [0, 0.1) is 12.8 Å². The number of aryl methyl sites for hydroxylation is 1. The van der Waals surface area contributed by atoms with E-state index in [2.05, 4.69) is 26.4 Å². The van der Waals surface area contributed by atoms with Crippen molar-refractivity contribution in [3.8, 4) is 0 Å². The molecule has 1 heterocycles. The Morgan fingerprint density at radius 1 is 1.64 bits per heavy atom. The molecule has 4 nitrogen and oxygen atoms in total. The fourth-order valence-electron chi connectivity index (χ4n) is 0.916. The number of amides is 1. The van der Waals surface area contributed by atoms with Crippen LogP contribution in [0.2, 0.25) is 0 Å². The third kappa shape index (κ3) is 2.83. The molecule has 1 rings (SSSR count). The van der Waals surface area contributed by atoms with Gasteiger partial charge in [-0.25, -0.2) is 0 Å². The molecule has 78 valence electrons. The van der Waals surface area contributed by atoms with Crippen molar-refractivity contribution in [2.45, 2.75) is 25.6 Å². The van der Waals surface area contributed by atoms with Crippen molar-refractivity contribution in [3.63, 3.8) is 0 Å². The average molecular weight is 261 g/mol. The molecule has 5 heteroatoms. The van der Waals surface area contributed by atoms with Crippen LogP contribution in [0.25, 0.3) is 0 Å². The van der Waals surface area contributed by atoms with Crippen molar-refractivity contribution in [2.75, 3.05) is 5.32 Å². The van der Waals surface area contributed by atoms with Crippen molar-refractivity contribution >= 4 is 27.7 Å². The van der Waals surface area contributed by atoms with Crippen molar-refractivity contribution < 1.29 is 9.32 Å². The third-order valence-corrected chi connectivity index (χ3v) is 3.18. The second-order valence-corrected chi connectivity index (χ2v) is 4.45. The zero-order valence-corrected chi connectivity index (χ0v) is 9.96. The molecule has 1 amide bonds. The predicted octanol–water partition coefficient (Wildman–Crippen LogP) is 2.34. The first-order valence-corrected chi connectivity index (χ1v) is 5.30. The van der Waals surface area contributed by atoms with Crippen LogP contribution in [-0.4, -0.2) is 15.9 Å². The summed E-state index contributed by atoms with van der Waals surface area (Å²) in [5.41, 5.74) is 0.746. The van der Waals surface area contributed by atoms with Gasteiger partial charge >= 0.3 is 0 Å². The first-order valence-electron chi connectivity index (χ1n) is 4.39. The van der Waals surface area contributed by atoms with E-state index in [1.54, 1.807) is 13.0 Å². The predicted molar refractivity (Wildman–Crippen MR) is 57.4 cm³/mol. The Labute approximate surface area is 91.2 Å². The maximum absolute atomic E-state index is 11.5. The number of carbonyl (C=O) groups is 1. The van der Waals surface area contributed by atoms with Gasteiger partial charge in [0, 0.05) is 6.07 Å². The summed E-state index contributed by atoms with van der Waals surface area (Å²) in [6.45, 7) is 5.72. The Bertz CT molecular complexity index is 322. The number of nitrogens with one attached hydrogen (secondary N) is 1. The maximum Gasteiger partial charge on any atom is 0.240 e. The van der Waals surface area contributed by atoms with Crippen molar-refractivity contribution in [1.82, 2.24) is 5.16 Å². The first kappa shape index (κ1) is 11.2. The minimum atomic E-state index is -0.215. The SMILES string of the molecule is Cc1cc(NC(=O)C(Br)C(C)C)on1. The van der Waals surface area contributed by atoms with Crippen LogP contribution >= 0.6 is 15.9 Å². The largest absolute Gasteiger partial charge is 0.338 e. The fraction of sp³-hybridized carbons (Fsp3) is 0.556. The van der Waals surface area contributed by atoms with Gasteiger partial charge in [-0.2, -0.15) is 0 Å². The van der Waals surface area contributed by atoms with Gasteiger partial charge in [-0.3, -0.25) is 10.1 Å². The van der Waals surface area contributed by atoms with Crippen LogP contribution in [0.15, 0.2) is 10.6 Å². The molecule has 1 unspecified atom stereocenters. The van der Waals surface area contributed by atoms with Gasteiger partial charge in [-0.05, 0) is 12.8 Å². The zero-order chi connectivity index (χ0) is 10.7. The highest BCUT2D eigenvalue weighted by Crippen LogP contribution is 2.15. The Morgan fingerprint density at radius 2 is 2.29 bits per heavy atom. The van der Waals surface area contributed by atoms with Crippen LogP contribution in [0.3, 0.4) is 0 Å². The number of rotatable bonds is 3. The van der Waals surface area contributed by atoms with E-state index < -0.39 is 0 Å². The standard InChI is InChI=1S/C9H13BrN2O2/c1-5(2)8(10)9(13)11-7-4-6(3)12-14-7/h4-5,8H,1-3H3,(H,11,13). The molecule has 0 aromatic carbocycles. The summed E-state index contributed by atoms with van der Waals surface area (Å²) >= 11 is 3.30. The molecule has 1 aromatic rings. The van der Waals surface area contributed by atoms with Crippen molar-refractivity contribution in [2.24, 2.45) is 5.92 Å². The summed E-state index contributed by atoms with van der Waals surface area (Å²) in [6, 6.07) is 1.68. The number of alkyl halides is 1. The van der Waals surface area contributed by atoms with Gasteiger partial charge in [-0.15, -0.1) is 0 Å². The van der Waals surface area contributed by atoms with Crippen LogP contribution < -0.4 is 5.32 Å². The Morgan fingerprint density at radius 3 is 2.71 bits per heavy atom. The monoisotopic (exact) mass is 260 g/mol. The lowest BCUT2D eigenvalue weighted by Gasteiger charge is -2.11. The van der Waals surface area contributed by atoms with Crippen LogP contribution in [0.4, 0.5) is 5.88 Å². The lowest BCUT2D eigenvalue weighted by molar-refractivity contribution is -0.116. The van der Waals surface area contributed by atoms with Crippen molar-refractivity contribution in [1.29, 1.82) is 0 Å². The zero-order valence-electron chi connectivity index (χ0n) is 8.37. The highest BCUT2D eigenvalue weighted by Gasteiger charge is 2.19. The minimum absolute atomic E-state index is 0.115. The number of hydrogen-bond acceptors (Lipinski definition) is 3. The summed E-state index contributed by atoms with van der Waals surface area (Å²) in [5.74, 6) is 0.507. The Kier molecular flexibility index (Phi) is 3.69. The van der Waals surface area contributed by atoms with Crippen LogP contribution in [-0.2, 0) is 4.79 Å². The molecule has 0 aliphatic carbocycles. The van der Waals surface area contributed by atoms with Crippen molar-refractivity contribution in [3.05, 3.63) is 11.8 Å². The molecule has 0 aliphatic rings. The summed E-state index contributed by atoms with van der Waals surface area (Å²) in [4.78, 5) is 11.3. The van der Waals surface area contributed by atoms with Gasteiger partial charge < -0.3 is 4.52 Å². The Hall–Kier alpha value is -0.840. The summed E-state index contributed by atoms with van der Waals surface area (Å²) in [7, 11) is 0. The molecule has 1 atom stereocenters. The van der Waals surface area contributed by atoms with E-state index in [-0.39, 0.29) is 16.7 Å². The number of nitrogens with zero attached hydrogens (tertiary/aromatic N) is 1. The van der Waals surface area contributed by atoms with Gasteiger partial charge in [0.25, 0.3) is 0 Å². The first-order chi connectivity index (χ1) is 6.50. The highest BCUT2D eigenvalue weighted by molar-refractivity contribution is 9.10. The Balaban J connectivity index is 2.57. The fourth-order valence-corrected chi connectivity index (χ4v) is 1.03. The lowest BCUT2D eigenvalue weighted by atomic mass is 10.1. The number of carbonyl (C=O) groups excluding carboxylic acids is 1. The van der Waals surface area contributed by atoms with E-state index >= 15 is 0 Å². The number of halogens is 1. The summed E-state index contributed by atoms with van der Waals surface area (Å²) < 4.78 is 4.86. The summed E-state index contributed by atoms with van der Waals surface area (Å²) in [5, 5.41) is 6.30. The lowest BCUT2D eigenvalue weighted by Crippen LogP contribution is -2.26. The molecule has 0 aliphatic heterocycles. The van der Waals surface area contributed by atoms with E-state index in [1.807, 2.05) is 13.8 Å². The molecular weight excluding hydrogens is 248 g/mol. The molecule has 1 aromatic heterocycles. The van der Waals surface area contributed by atoms with Crippen LogP contribution in [0.5, 0.6) is 0 Å². The van der Waals surface area contributed by atoms with Gasteiger partial charge in [0.15, 0.2) is 0 Å². The molecule has 0 saturated heterocycles. The molecule has 14 heavy (non-hydrogen) atoms. The maximum atomic E-state index is 11.5. The van der Waals surface area contributed by atoms with Gasteiger partial charge in [0.2, 0.25) is 11.8 Å². The highest BCUT2D eigenvalue weighted by atomic mass is 79.9. The van der Waals surface area contributed by atoms with Gasteiger partial charge in [0.05, 0.1) is 10.5 Å². The third-order valence-electron chi connectivity index (χ3n) is 1.71. The molecular formula is C9H13BrN2O2. The second-order valence-electron chi connectivity index (χ2n) is 3.47. The number of aromatic nitrogens is 1.